The van der Waals surface area contributed by atoms with E-state index in [2.05, 4.69) is 34.6 Å². The maximum absolute atomic E-state index is 12.5. The van der Waals surface area contributed by atoms with Crippen molar-refractivity contribution in [3.8, 4) is 5.75 Å². The SMILES string of the molecule is C/C=C/C(=N\NCc1cc(Cl)ccc1OCC(C)C)NC(=O)OC1CCC(CN2CCOCC2)CC1. The maximum Gasteiger partial charge on any atom is 0.413 e. The standard InChI is InChI=1S/C27H41ClN4O4/c1-4-5-26(31-29-17-22-16-23(28)8-11-25(22)35-19-20(2)3)30-27(33)36-24-9-6-21(7-10-24)18-32-12-14-34-15-13-32/h4-5,8,11,16,20-21,24,29H,6-7,9-10,12-15,17-19H2,1-3H3,(H,30,31,33)/b5-4+. The third-order valence-corrected chi connectivity index (χ3v) is 6.54. The van der Waals surface area contributed by atoms with Gasteiger partial charge in [0.15, 0.2) is 5.84 Å². The number of alkyl carbamates (subject to hydrolysis) is 1. The zero-order valence-electron chi connectivity index (χ0n) is 21.8. The monoisotopic (exact) mass is 520 g/mol. The number of morpholine rings is 1. The fourth-order valence-electron chi connectivity index (χ4n) is 4.42. The normalized spacial score (nSPS) is 21.5. The van der Waals surface area contributed by atoms with Crippen LogP contribution in [0.25, 0.3) is 0 Å². The van der Waals surface area contributed by atoms with Crippen molar-refractivity contribution in [1.29, 1.82) is 0 Å². The number of amidine groups is 1. The largest absolute Gasteiger partial charge is 0.493 e. The van der Waals surface area contributed by atoms with Gasteiger partial charge in [0.2, 0.25) is 0 Å². The molecule has 200 valence electrons. The third kappa shape index (κ3) is 9.99. The van der Waals surface area contributed by atoms with Crippen LogP contribution in [0.1, 0.15) is 52.0 Å². The Morgan fingerprint density at radius 1 is 1.25 bits per heavy atom. The fourth-order valence-corrected chi connectivity index (χ4v) is 4.62. The van der Waals surface area contributed by atoms with E-state index in [0.717, 1.165) is 69.8 Å². The molecule has 0 atom stereocenters. The van der Waals surface area contributed by atoms with Gasteiger partial charge < -0.3 is 19.6 Å². The summed E-state index contributed by atoms with van der Waals surface area (Å²) in [4.78, 5) is 15.0. The predicted octanol–water partition coefficient (Wildman–Crippen LogP) is 4.97. The van der Waals surface area contributed by atoms with Gasteiger partial charge in [-0.1, -0.05) is 31.5 Å². The van der Waals surface area contributed by atoms with E-state index in [-0.39, 0.29) is 6.10 Å². The van der Waals surface area contributed by atoms with Gasteiger partial charge in [-0.25, -0.2) is 4.79 Å². The van der Waals surface area contributed by atoms with Crippen LogP contribution >= 0.6 is 11.6 Å². The zero-order valence-corrected chi connectivity index (χ0v) is 22.6. The molecule has 1 aromatic carbocycles. The summed E-state index contributed by atoms with van der Waals surface area (Å²) < 4.78 is 17.0. The Hall–Kier alpha value is -2.29. The Morgan fingerprint density at radius 2 is 2.00 bits per heavy atom. The Labute approximate surface area is 220 Å². The van der Waals surface area contributed by atoms with Crippen molar-refractivity contribution in [3.63, 3.8) is 0 Å². The summed E-state index contributed by atoms with van der Waals surface area (Å²) in [5.74, 6) is 2.22. The van der Waals surface area contributed by atoms with Crippen LogP contribution in [0.3, 0.4) is 0 Å². The van der Waals surface area contributed by atoms with E-state index in [1.54, 1.807) is 6.08 Å². The summed E-state index contributed by atoms with van der Waals surface area (Å²) in [5.41, 5.74) is 3.90. The highest BCUT2D eigenvalue weighted by molar-refractivity contribution is 6.30. The molecule has 1 amide bonds. The quantitative estimate of drug-likeness (QED) is 0.257. The van der Waals surface area contributed by atoms with Crippen LogP contribution in [0.2, 0.25) is 5.02 Å². The molecule has 0 aromatic heterocycles. The lowest BCUT2D eigenvalue weighted by molar-refractivity contribution is 0.0190. The number of hydrogen-bond acceptors (Lipinski definition) is 7. The van der Waals surface area contributed by atoms with Crippen molar-refractivity contribution >= 4 is 23.5 Å². The number of allylic oxidation sites excluding steroid dienone is 1. The third-order valence-electron chi connectivity index (χ3n) is 6.31. The van der Waals surface area contributed by atoms with E-state index in [4.69, 9.17) is 25.8 Å². The van der Waals surface area contributed by atoms with E-state index in [1.165, 1.54) is 0 Å². The van der Waals surface area contributed by atoms with Crippen LogP contribution in [0.15, 0.2) is 35.5 Å². The van der Waals surface area contributed by atoms with Crippen LogP contribution in [0.4, 0.5) is 4.79 Å². The van der Waals surface area contributed by atoms with Crippen molar-refractivity contribution in [2.75, 3.05) is 39.5 Å². The number of benzene rings is 1. The van der Waals surface area contributed by atoms with Crippen LogP contribution in [0, 0.1) is 11.8 Å². The number of rotatable bonds is 10. The molecule has 2 N–H and O–H groups in total. The van der Waals surface area contributed by atoms with E-state index >= 15 is 0 Å². The molecule has 36 heavy (non-hydrogen) atoms. The minimum absolute atomic E-state index is 0.0575. The molecule has 0 spiro atoms. The summed E-state index contributed by atoms with van der Waals surface area (Å²) in [7, 11) is 0. The number of carbonyl (C=O) groups is 1. The first-order chi connectivity index (χ1) is 17.4. The van der Waals surface area contributed by atoms with Gasteiger partial charge in [-0.2, -0.15) is 5.10 Å². The number of hydrazone groups is 1. The highest BCUT2D eigenvalue weighted by Crippen LogP contribution is 2.27. The summed E-state index contributed by atoms with van der Waals surface area (Å²) >= 11 is 6.18. The second-order valence-electron chi connectivity index (χ2n) is 9.87. The van der Waals surface area contributed by atoms with Crippen molar-refractivity contribution in [1.82, 2.24) is 15.6 Å². The molecule has 8 nitrogen and oxygen atoms in total. The lowest BCUT2D eigenvalue weighted by Crippen LogP contribution is -2.41. The molecule has 1 aliphatic carbocycles. The Morgan fingerprint density at radius 3 is 2.69 bits per heavy atom. The molecule has 0 bridgehead atoms. The topological polar surface area (TPSA) is 84.4 Å². The lowest BCUT2D eigenvalue weighted by Gasteiger charge is -2.34. The molecule has 1 aliphatic heterocycles. The van der Waals surface area contributed by atoms with E-state index in [1.807, 2.05) is 31.2 Å². The van der Waals surface area contributed by atoms with Crippen molar-refractivity contribution in [2.24, 2.45) is 16.9 Å². The smallest absolute Gasteiger partial charge is 0.413 e. The number of amides is 1. The molecular formula is C27H41ClN4O4. The first kappa shape index (κ1) is 28.3. The molecule has 1 saturated heterocycles. The zero-order chi connectivity index (χ0) is 25.8. The first-order valence-corrected chi connectivity index (χ1v) is 13.4. The van der Waals surface area contributed by atoms with Crippen molar-refractivity contribution in [2.45, 2.75) is 59.1 Å². The summed E-state index contributed by atoms with van der Waals surface area (Å²) in [6.45, 7) is 11.9. The molecule has 1 saturated carbocycles. The Kier molecular flexibility index (Phi) is 11.8. The van der Waals surface area contributed by atoms with Gasteiger partial charge in [0.05, 0.1) is 26.4 Å². The van der Waals surface area contributed by atoms with Crippen LogP contribution in [-0.4, -0.2) is 62.4 Å². The Balaban J connectivity index is 1.45. The van der Waals surface area contributed by atoms with Gasteiger partial charge in [0.25, 0.3) is 0 Å². The minimum atomic E-state index is -0.478. The van der Waals surface area contributed by atoms with Crippen LogP contribution in [-0.2, 0) is 16.0 Å². The highest BCUT2D eigenvalue weighted by atomic mass is 35.5. The van der Waals surface area contributed by atoms with Crippen LogP contribution < -0.4 is 15.5 Å². The second-order valence-corrected chi connectivity index (χ2v) is 10.3. The number of nitrogens with zero attached hydrogens (tertiary/aromatic N) is 2. The van der Waals surface area contributed by atoms with Crippen LogP contribution in [0.5, 0.6) is 5.75 Å². The van der Waals surface area contributed by atoms with Gasteiger partial charge in [-0.05, 0) is 68.7 Å². The lowest BCUT2D eigenvalue weighted by atomic mass is 9.87. The molecule has 2 aliphatic rings. The molecule has 3 rings (SSSR count). The molecule has 0 radical (unpaired) electrons. The van der Waals surface area contributed by atoms with Gasteiger partial charge in [0, 0.05) is 30.2 Å². The van der Waals surface area contributed by atoms with E-state index in [9.17, 15) is 4.79 Å². The van der Waals surface area contributed by atoms with Gasteiger partial charge in [-0.15, -0.1) is 0 Å². The maximum atomic E-state index is 12.5. The summed E-state index contributed by atoms with van der Waals surface area (Å²) in [6, 6.07) is 5.53. The highest BCUT2D eigenvalue weighted by Gasteiger charge is 2.26. The number of carbonyl (C=O) groups excluding carboxylic acids is 1. The molecule has 1 heterocycles. The molecule has 2 fully saturated rings. The number of hydrogen-bond donors (Lipinski definition) is 2. The number of halogens is 1. The van der Waals surface area contributed by atoms with Crippen molar-refractivity contribution in [3.05, 3.63) is 40.9 Å². The Bertz CT molecular complexity index is 879. The van der Waals surface area contributed by atoms with E-state index < -0.39 is 6.09 Å². The first-order valence-electron chi connectivity index (χ1n) is 13.0. The minimum Gasteiger partial charge on any atom is -0.493 e. The predicted molar refractivity (Wildman–Crippen MR) is 143 cm³/mol. The molecular weight excluding hydrogens is 480 g/mol. The average molecular weight is 521 g/mol. The summed E-state index contributed by atoms with van der Waals surface area (Å²) in [6.07, 6.45) is 6.94. The van der Waals surface area contributed by atoms with Crippen molar-refractivity contribution < 1.29 is 19.0 Å². The van der Waals surface area contributed by atoms with E-state index in [0.29, 0.717) is 35.8 Å². The average Bonchev–Trinajstić information content (AvgIpc) is 2.85. The second kappa shape index (κ2) is 15.1. The number of ether oxygens (including phenoxy) is 3. The number of nitrogens with one attached hydrogen (secondary N) is 2. The molecule has 9 heteroatoms. The molecule has 0 unspecified atom stereocenters. The van der Waals surface area contributed by atoms with Gasteiger partial charge in [-0.3, -0.25) is 10.2 Å². The molecule has 1 aromatic rings. The van der Waals surface area contributed by atoms with Gasteiger partial charge >= 0.3 is 6.09 Å². The summed E-state index contributed by atoms with van der Waals surface area (Å²) in [5, 5.41) is 7.72. The van der Waals surface area contributed by atoms with Gasteiger partial charge in [0.1, 0.15) is 11.9 Å². The fraction of sp³-hybridized carbons (Fsp3) is 0.630.